The SMILES string of the molecule is CCCCCC(=O)N1CCc2nc(Cc3cccc(OC)c3)nc(N3CCOCC3)c2C1. The van der Waals surface area contributed by atoms with Crippen molar-refractivity contribution in [3.05, 3.63) is 46.9 Å². The molecule has 32 heavy (non-hydrogen) atoms. The molecule has 0 aliphatic carbocycles. The van der Waals surface area contributed by atoms with Crippen LogP contribution in [0.25, 0.3) is 0 Å². The van der Waals surface area contributed by atoms with Crippen molar-refractivity contribution in [2.24, 2.45) is 0 Å². The fourth-order valence-electron chi connectivity index (χ4n) is 4.42. The third-order valence-corrected chi connectivity index (χ3v) is 6.24. The lowest BCUT2D eigenvalue weighted by atomic mass is 10.0. The number of morpholine rings is 1. The van der Waals surface area contributed by atoms with Crippen LogP contribution in [0.4, 0.5) is 5.82 Å². The lowest BCUT2D eigenvalue weighted by Gasteiger charge is -2.34. The summed E-state index contributed by atoms with van der Waals surface area (Å²) in [5.41, 5.74) is 3.31. The Morgan fingerprint density at radius 2 is 2.00 bits per heavy atom. The summed E-state index contributed by atoms with van der Waals surface area (Å²) < 4.78 is 10.9. The van der Waals surface area contributed by atoms with Crippen molar-refractivity contribution in [1.82, 2.24) is 14.9 Å². The molecule has 0 saturated carbocycles. The lowest BCUT2D eigenvalue weighted by molar-refractivity contribution is -0.132. The molecule has 1 aromatic heterocycles. The molecule has 1 saturated heterocycles. The summed E-state index contributed by atoms with van der Waals surface area (Å²) in [5, 5.41) is 0. The molecule has 2 aliphatic rings. The first kappa shape index (κ1) is 22.5. The molecule has 0 N–H and O–H groups in total. The molecule has 0 bridgehead atoms. The first-order valence-corrected chi connectivity index (χ1v) is 11.8. The van der Waals surface area contributed by atoms with Gasteiger partial charge in [0, 0.05) is 44.5 Å². The van der Waals surface area contributed by atoms with Gasteiger partial charge in [-0.05, 0) is 24.1 Å². The number of rotatable bonds is 8. The lowest BCUT2D eigenvalue weighted by Crippen LogP contribution is -2.41. The van der Waals surface area contributed by atoms with Gasteiger partial charge in [0.15, 0.2) is 0 Å². The highest BCUT2D eigenvalue weighted by atomic mass is 16.5. The van der Waals surface area contributed by atoms with Crippen molar-refractivity contribution in [3.63, 3.8) is 0 Å². The van der Waals surface area contributed by atoms with Gasteiger partial charge in [-0.1, -0.05) is 31.9 Å². The van der Waals surface area contributed by atoms with Crippen molar-refractivity contribution in [1.29, 1.82) is 0 Å². The average Bonchev–Trinajstić information content (AvgIpc) is 2.84. The minimum atomic E-state index is 0.248. The highest BCUT2D eigenvalue weighted by molar-refractivity contribution is 5.76. The van der Waals surface area contributed by atoms with Crippen LogP contribution in [-0.4, -0.2) is 60.7 Å². The van der Waals surface area contributed by atoms with Crippen LogP contribution < -0.4 is 9.64 Å². The molecule has 7 nitrogen and oxygen atoms in total. The maximum Gasteiger partial charge on any atom is 0.222 e. The Morgan fingerprint density at radius 1 is 1.16 bits per heavy atom. The number of nitrogens with zero attached hydrogens (tertiary/aromatic N) is 4. The van der Waals surface area contributed by atoms with Crippen LogP contribution in [0.5, 0.6) is 5.75 Å². The normalized spacial score (nSPS) is 16.1. The Hall–Kier alpha value is -2.67. The quantitative estimate of drug-likeness (QED) is 0.589. The number of carbonyl (C=O) groups excluding carboxylic acids is 1. The van der Waals surface area contributed by atoms with Gasteiger partial charge in [-0.3, -0.25) is 4.79 Å². The van der Waals surface area contributed by atoms with E-state index >= 15 is 0 Å². The molecule has 0 unspecified atom stereocenters. The van der Waals surface area contributed by atoms with Crippen LogP contribution in [0.15, 0.2) is 24.3 Å². The number of carbonyl (C=O) groups is 1. The Kier molecular flexibility index (Phi) is 7.58. The Balaban J connectivity index is 1.60. The summed E-state index contributed by atoms with van der Waals surface area (Å²) in [7, 11) is 1.68. The van der Waals surface area contributed by atoms with Gasteiger partial charge in [-0.2, -0.15) is 0 Å². The van der Waals surface area contributed by atoms with Gasteiger partial charge < -0.3 is 19.3 Å². The van der Waals surface area contributed by atoms with Crippen LogP contribution >= 0.6 is 0 Å². The van der Waals surface area contributed by atoms with E-state index in [2.05, 4.69) is 17.9 Å². The van der Waals surface area contributed by atoms with Gasteiger partial charge in [-0.25, -0.2) is 9.97 Å². The third-order valence-electron chi connectivity index (χ3n) is 6.24. The minimum Gasteiger partial charge on any atom is -0.497 e. The van der Waals surface area contributed by atoms with Gasteiger partial charge in [-0.15, -0.1) is 0 Å². The predicted molar refractivity (Wildman–Crippen MR) is 124 cm³/mol. The van der Waals surface area contributed by atoms with Crippen LogP contribution in [0.1, 0.15) is 55.3 Å². The van der Waals surface area contributed by atoms with Crippen molar-refractivity contribution in [3.8, 4) is 5.75 Å². The number of hydrogen-bond acceptors (Lipinski definition) is 6. The van der Waals surface area contributed by atoms with Crippen molar-refractivity contribution < 1.29 is 14.3 Å². The molecule has 1 aromatic carbocycles. The van der Waals surface area contributed by atoms with Crippen molar-refractivity contribution >= 4 is 11.7 Å². The van der Waals surface area contributed by atoms with Gasteiger partial charge in [0.2, 0.25) is 5.91 Å². The molecule has 3 heterocycles. The molecule has 7 heteroatoms. The average molecular weight is 439 g/mol. The molecule has 4 rings (SSSR count). The van der Waals surface area contributed by atoms with Crippen LogP contribution in [-0.2, 0) is 28.9 Å². The van der Waals surface area contributed by atoms with E-state index in [4.69, 9.17) is 19.4 Å². The number of fused-ring (bicyclic) bond motifs is 1. The zero-order valence-corrected chi connectivity index (χ0v) is 19.3. The summed E-state index contributed by atoms with van der Waals surface area (Å²) in [6, 6.07) is 8.06. The van der Waals surface area contributed by atoms with E-state index in [1.54, 1.807) is 7.11 Å². The van der Waals surface area contributed by atoms with Crippen LogP contribution in [0, 0.1) is 0 Å². The second kappa shape index (κ2) is 10.8. The molecule has 1 amide bonds. The standard InChI is InChI=1S/C25H34N4O3/c1-3-4-5-9-24(30)29-11-10-22-21(18-29)25(28-12-14-32-15-13-28)27-23(26-22)17-19-7-6-8-20(16-19)31-2/h6-8,16H,3-5,9-15,17-18H2,1-2H3. The maximum atomic E-state index is 12.8. The summed E-state index contributed by atoms with van der Waals surface area (Å²) in [5.74, 6) is 2.88. The van der Waals surface area contributed by atoms with Gasteiger partial charge in [0.1, 0.15) is 17.4 Å². The van der Waals surface area contributed by atoms with Gasteiger partial charge in [0.25, 0.3) is 0 Å². The second-order valence-electron chi connectivity index (χ2n) is 8.54. The fourth-order valence-corrected chi connectivity index (χ4v) is 4.42. The van der Waals surface area contributed by atoms with Gasteiger partial charge in [0.05, 0.1) is 32.6 Å². The summed E-state index contributed by atoms with van der Waals surface area (Å²) in [4.78, 5) is 27.0. The van der Waals surface area contributed by atoms with Crippen LogP contribution in [0.2, 0.25) is 0 Å². The predicted octanol–water partition coefficient (Wildman–Crippen LogP) is 3.38. The first-order chi connectivity index (χ1) is 15.7. The molecular weight excluding hydrogens is 404 g/mol. The zero-order chi connectivity index (χ0) is 22.3. The number of unbranched alkanes of at least 4 members (excludes halogenated alkanes) is 2. The highest BCUT2D eigenvalue weighted by Crippen LogP contribution is 2.29. The van der Waals surface area contributed by atoms with Crippen molar-refractivity contribution in [2.45, 2.75) is 52.0 Å². The van der Waals surface area contributed by atoms with E-state index in [1.165, 1.54) is 0 Å². The largest absolute Gasteiger partial charge is 0.497 e. The minimum absolute atomic E-state index is 0.248. The van der Waals surface area contributed by atoms with E-state index in [-0.39, 0.29) is 5.91 Å². The summed E-state index contributed by atoms with van der Waals surface area (Å²) in [6.45, 7) is 6.52. The van der Waals surface area contributed by atoms with Gasteiger partial charge >= 0.3 is 0 Å². The number of methoxy groups -OCH3 is 1. The Morgan fingerprint density at radius 3 is 2.78 bits per heavy atom. The zero-order valence-electron chi connectivity index (χ0n) is 19.3. The number of anilines is 1. The Labute approximate surface area is 190 Å². The number of ether oxygens (including phenoxy) is 2. The number of amides is 1. The third kappa shape index (κ3) is 5.38. The molecule has 1 fully saturated rings. The molecule has 2 aliphatic heterocycles. The van der Waals surface area contributed by atoms with E-state index in [0.29, 0.717) is 32.6 Å². The Bertz CT molecular complexity index is 927. The highest BCUT2D eigenvalue weighted by Gasteiger charge is 2.28. The molecule has 0 radical (unpaired) electrons. The van der Waals surface area contributed by atoms with Crippen molar-refractivity contribution in [2.75, 3.05) is 44.9 Å². The van der Waals surface area contributed by atoms with Crippen LogP contribution in [0.3, 0.4) is 0 Å². The molecule has 172 valence electrons. The van der Waals surface area contributed by atoms with E-state index in [1.807, 2.05) is 23.1 Å². The van der Waals surface area contributed by atoms with E-state index in [0.717, 1.165) is 79.5 Å². The molecule has 0 atom stereocenters. The topological polar surface area (TPSA) is 67.8 Å². The summed E-state index contributed by atoms with van der Waals surface area (Å²) >= 11 is 0. The number of aromatic nitrogens is 2. The first-order valence-electron chi connectivity index (χ1n) is 11.8. The summed E-state index contributed by atoms with van der Waals surface area (Å²) in [6.07, 6.45) is 5.25. The van der Waals surface area contributed by atoms with E-state index < -0.39 is 0 Å². The number of hydrogen-bond donors (Lipinski definition) is 0. The fraction of sp³-hybridized carbons (Fsp3) is 0.560. The number of benzene rings is 1. The molecule has 2 aromatic rings. The molecule has 0 spiro atoms. The monoisotopic (exact) mass is 438 g/mol. The smallest absolute Gasteiger partial charge is 0.222 e. The second-order valence-corrected chi connectivity index (χ2v) is 8.54. The maximum absolute atomic E-state index is 12.8. The van der Waals surface area contributed by atoms with E-state index in [9.17, 15) is 4.79 Å². The molecular formula is C25H34N4O3.